The predicted molar refractivity (Wildman–Crippen MR) is 62.4 cm³/mol. The second-order valence-corrected chi connectivity index (χ2v) is 4.17. The minimum Gasteiger partial charge on any atom is -0.388 e. The standard InChI is InChI=1S/C13H18O4/c1-15-13-12(14)7-11(17-13)9-16-8-10-5-3-2-4-6-10/h2-6,11-14H,7-9H2,1H3/t11-,12-,13-/m0/s1. The first-order chi connectivity index (χ1) is 8.29. The first-order valence-electron chi connectivity index (χ1n) is 5.77. The van der Waals surface area contributed by atoms with Gasteiger partial charge in [-0.1, -0.05) is 30.3 Å². The molecule has 1 saturated heterocycles. The molecule has 4 heteroatoms. The van der Waals surface area contributed by atoms with Gasteiger partial charge in [0.1, 0.15) is 6.10 Å². The Bertz CT molecular complexity index is 327. The summed E-state index contributed by atoms with van der Waals surface area (Å²) in [6.07, 6.45) is -0.586. The Balaban J connectivity index is 1.70. The number of aliphatic hydroxyl groups is 1. The van der Waals surface area contributed by atoms with Crippen LogP contribution in [0.1, 0.15) is 12.0 Å². The van der Waals surface area contributed by atoms with Crippen molar-refractivity contribution < 1.29 is 19.3 Å². The molecule has 1 fully saturated rings. The van der Waals surface area contributed by atoms with E-state index in [1.165, 1.54) is 7.11 Å². The number of rotatable bonds is 5. The molecule has 1 N–H and O–H groups in total. The Morgan fingerprint density at radius 3 is 2.76 bits per heavy atom. The number of benzene rings is 1. The van der Waals surface area contributed by atoms with Gasteiger partial charge in [-0.3, -0.25) is 0 Å². The first kappa shape index (κ1) is 12.5. The molecular weight excluding hydrogens is 220 g/mol. The molecule has 0 unspecified atom stereocenters. The van der Waals surface area contributed by atoms with Crippen LogP contribution in [0, 0.1) is 0 Å². The predicted octanol–water partition coefficient (Wildman–Crippen LogP) is 1.33. The summed E-state index contributed by atoms with van der Waals surface area (Å²) in [6, 6.07) is 9.97. The Hall–Kier alpha value is -0.940. The second-order valence-electron chi connectivity index (χ2n) is 4.17. The normalized spacial score (nSPS) is 28.5. The molecule has 1 aromatic carbocycles. The zero-order valence-electron chi connectivity index (χ0n) is 9.91. The molecule has 0 radical (unpaired) electrons. The van der Waals surface area contributed by atoms with Gasteiger partial charge in [0.05, 0.1) is 19.3 Å². The lowest BCUT2D eigenvalue weighted by molar-refractivity contribution is -0.156. The number of methoxy groups -OCH3 is 1. The number of ether oxygens (including phenoxy) is 3. The monoisotopic (exact) mass is 238 g/mol. The molecule has 0 bridgehead atoms. The van der Waals surface area contributed by atoms with Gasteiger partial charge in [0, 0.05) is 13.5 Å². The summed E-state index contributed by atoms with van der Waals surface area (Å²) in [4.78, 5) is 0. The minimum atomic E-state index is -0.551. The molecule has 0 amide bonds. The van der Waals surface area contributed by atoms with Crippen molar-refractivity contribution >= 4 is 0 Å². The molecule has 1 aliphatic rings. The van der Waals surface area contributed by atoms with Gasteiger partial charge in [-0.05, 0) is 5.56 Å². The van der Waals surface area contributed by atoms with E-state index in [4.69, 9.17) is 14.2 Å². The number of aliphatic hydroxyl groups excluding tert-OH is 1. The van der Waals surface area contributed by atoms with Crippen LogP contribution in [-0.2, 0) is 20.8 Å². The Labute approximate surface area is 101 Å². The summed E-state index contributed by atoms with van der Waals surface area (Å²) < 4.78 is 16.0. The molecule has 94 valence electrons. The fourth-order valence-electron chi connectivity index (χ4n) is 1.92. The van der Waals surface area contributed by atoms with Gasteiger partial charge in [0.15, 0.2) is 6.29 Å². The van der Waals surface area contributed by atoms with Crippen LogP contribution in [-0.4, -0.2) is 37.3 Å². The average Bonchev–Trinajstić information content (AvgIpc) is 2.71. The van der Waals surface area contributed by atoms with Crippen molar-refractivity contribution in [2.45, 2.75) is 31.5 Å². The highest BCUT2D eigenvalue weighted by Crippen LogP contribution is 2.21. The quantitative estimate of drug-likeness (QED) is 0.840. The van der Waals surface area contributed by atoms with Crippen LogP contribution in [0.3, 0.4) is 0 Å². The van der Waals surface area contributed by atoms with E-state index in [2.05, 4.69) is 0 Å². The molecule has 0 spiro atoms. The molecule has 1 aromatic rings. The summed E-state index contributed by atoms with van der Waals surface area (Å²) in [5.74, 6) is 0. The van der Waals surface area contributed by atoms with Gasteiger partial charge < -0.3 is 19.3 Å². The molecular formula is C13H18O4. The fourth-order valence-corrected chi connectivity index (χ4v) is 1.92. The number of hydrogen-bond acceptors (Lipinski definition) is 4. The van der Waals surface area contributed by atoms with E-state index in [1.807, 2.05) is 30.3 Å². The summed E-state index contributed by atoms with van der Waals surface area (Å²) >= 11 is 0. The third-order valence-corrected chi connectivity index (χ3v) is 2.79. The molecule has 1 aliphatic heterocycles. The lowest BCUT2D eigenvalue weighted by Gasteiger charge is -2.13. The Morgan fingerprint density at radius 1 is 1.35 bits per heavy atom. The van der Waals surface area contributed by atoms with Crippen LogP contribution < -0.4 is 0 Å². The third kappa shape index (κ3) is 3.51. The summed E-state index contributed by atoms with van der Waals surface area (Å²) in [6.45, 7) is 1.04. The van der Waals surface area contributed by atoms with Crippen molar-refractivity contribution in [3.8, 4) is 0 Å². The maximum atomic E-state index is 9.57. The van der Waals surface area contributed by atoms with Crippen molar-refractivity contribution in [1.82, 2.24) is 0 Å². The van der Waals surface area contributed by atoms with Crippen LogP contribution in [0.4, 0.5) is 0 Å². The molecule has 3 atom stereocenters. The number of hydrogen-bond donors (Lipinski definition) is 1. The largest absolute Gasteiger partial charge is 0.388 e. The summed E-state index contributed by atoms with van der Waals surface area (Å²) in [7, 11) is 1.53. The summed E-state index contributed by atoms with van der Waals surface area (Å²) in [5, 5.41) is 9.57. The third-order valence-electron chi connectivity index (χ3n) is 2.79. The molecule has 2 rings (SSSR count). The van der Waals surface area contributed by atoms with Crippen LogP contribution in [0.2, 0.25) is 0 Å². The molecule has 0 aromatic heterocycles. The van der Waals surface area contributed by atoms with Gasteiger partial charge in [0.2, 0.25) is 0 Å². The Kier molecular flexibility index (Phi) is 4.50. The van der Waals surface area contributed by atoms with Crippen molar-refractivity contribution in [2.75, 3.05) is 13.7 Å². The van der Waals surface area contributed by atoms with Crippen LogP contribution in [0.25, 0.3) is 0 Å². The molecule has 1 heterocycles. The molecule has 4 nitrogen and oxygen atoms in total. The minimum absolute atomic E-state index is 0.0846. The zero-order chi connectivity index (χ0) is 12.1. The lowest BCUT2D eigenvalue weighted by atomic mass is 10.2. The van der Waals surface area contributed by atoms with E-state index in [1.54, 1.807) is 0 Å². The second kappa shape index (κ2) is 6.12. The highest BCUT2D eigenvalue weighted by atomic mass is 16.7. The van der Waals surface area contributed by atoms with E-state index < -0.39 is 12.4 Å². The fraction of sp³-hybridized carbons (Fsp3) is 0.538. The van der Waals surface area contributed by atoms with E-state index in [9.17, 15) is 5.11 Å². The molecule has 0 saturated carbocycles. The summed E-state index contributed by atoms with van der Waals surface area (Å²) in [5.41, 5.74) is 1.13. The average molecular weight is 238 g/mol. The smallest absolute Gasteiger partial charge is 0.183 e. The lowest BCUT2D eigenvalue weighted by Crippen LogP contribution is -2.22. The topological polar surface area (TPSA) is 47.9 Å². The van der Waals surface area contributed by atoms with Gasteiger partial charge in [-0.2, -0.15) is 0 Å². The zero-order valence-corrected chi connectivity index (χ0v) is 9.91. The molecule has 0 aliphatic carbocycles. The molecule has 17 heavy (non-hydrogen) atoms. The Morgan fingerprint density at radius 2 is 2.12 bits per heavy atom. The van der Waals surface area contributed by atoms with Crippen LogP contribution >= 0.6 is 0 Å². The van der Waals surface area contributed by atoms with Crippen LogP contribution in [0.5, 0.6) is 0 Å². The maximum absolute atomic E-state index is 9.57. The van der Waals surface area contributed by atoms with Crippen molar-refractivity contribution in [3.63, 3.8) is 0 Å². The highest BCUT2D eigenvalue weighted by Gasteiger charge is 2.33. The van der Waals surface area contributed by atoms with Gasteiger partial charge >= 0.3 is 0 Å². The SMILES string of the molecule is CO[C@H]1O[C@H](COCc2ccccc2)C[C@@H]1O. The van der Waals surface area contributed by atoms with Gasteiger partial charge in [-0.25, -0.2) is 0 Å². The van der Waals surface area contributed by atoms with E-state index in [0.717, 1.165) is 5.56 Å². The van der Waals surface area contributed by atoms with E-state index in [0.29, 0.717) is 19.6 Å². The van der Waals surface area contributed by atoms with Crippen molar-refractivity contribution in [3.05, 3.63) is 35.9 Å². The highest BCUT2D eigenvalue weighted by molar-refractivity contribution is 5.13. The first-order valence-corrected chi connectivity index (χ1v) is 5.77. The van der Waals surface area contributed by atoms with Gasteiger partial charge in [-0.15, -0.1) is 0 Å². The van der Waals surface area contributed by atoms with Crippen molar-refractivity contribution in [1.29, 1.82) is 0 Å². The van der Waals surface area contributed by atoms with Crippen LogP contribution in [0.15, 0.2) is 30.3 Å². The van der Waals surface area contributed by atoms with E-state index in [-0.39, 0.29) is 6.10 Å². The van der Waals surface area contributed by atoms with Gasteiger partial charge in [0.25, 0.3) is 0 Å². The van der Waals surface area contributed by atoms with Crippen molar-refractivity contribution in [2.24, 2.45) is 0 Å². The van der Waals surface area contributed by atoms with E-state index >= 15 is 0 Å². The maximum Gasteiger partial charge on any atom is 0.183 e.